The highest BCUT2D eigenvalue weighted by Gasteiger charge is 2.15. The maximum atomic E-state index is 11.5. The fourth-order valence-electron chi connectivity index (χ4n) is 1.22. The van der Waals surface area contributed by atoms with E-state index in [1.807, 2.05) is 7.05 Å². The van der Waals surface area contributed by atoms with E-state index in [9.17, 15) is 4.79 Å². The summed E-state index contributed by atoms with van der Waals surface area (Å²) in [5.41, 5.74) is 1.37. The maximum Gasteiger partial charge on any atom is 0.341 e. The van der Waals surface area contributed by atoms with Crippen LogP contribution < -0.4 is 5.32 Å². The molecule has 0 radical (unpaired) electrons. The minimum atomic E-state index is -0.314. The van der Waals surface area contributed by atoms with Crippen molar-refractivity contribution in [3.63, 3.8) is 0 Å². The van der Waals surface area contributed by atoms with Crippen molar-refractivity contribution in [3.8, 4) is 0 Å². The number of carbonyl (C=O) groups excluding carboxylic acids is 1. The number of rotatable bonds is 4. The molecule has 0 aliphatic rings. The van der Waals surface area contributed by atoms with Gasteiger partial charge >= 0.3 is 5.97 Å². The molecule has 0 spiro atoms. The van der Waals surface area contributed by atoms with Gasteiger partial charge in [-0.05, 0) is 14.0 Å². The first-order chi connectivity index (χ1) is 6.70. The van der Waals surface area contributed by atoms with Gasteiger partial charge in [0.05, 0.1) is 18.5 Å². The van der Waals surface area contributed by atoms with E-state index in [0.29, 0.717) is 18.7 Å². The molecule has 5 nitrogen and oxygen atoms in total. The lowest BCUT2D eigenvalue weighted by Gasteiger charge is -2.04. The number of ether oxygens (including phenoxy) is 1. The van der Waals surface area contributed by atoms with Gasteiger partial charge in [-0.15, -0.1) is 0 Å². The smallest absolute Gasteiger partial charge is 0.341 e. The van der Waals surface area contributed by atoms with Gasteiger partial charge in [0.1, 0.15) is 5.56 Å². The second-order valence-electron chi connectivity index (χ2n) is 2.88. The molecule has 0 unspecified atom stereocenters. The molecular formula is C9H15N3O2. The molecule has 5 heteroatoms. The van der Waals surface area contributed by atoms with Crippen LogP contribution in [0.15, 0.2) is 6.20 Å². The molecule has 78 valence electrons. The Morgan fingerprint density at radius 3 is 3.00 bits per heavy atom. The number of aryl methyl sites for hydroxylation is 1. The molecular weight excluding hydrogens is 182 g/mol. The van der Waals surface area contributed by atoms with Crippen LogP contribution in [0.25, 0.3) is 0 Å². The van der Waals surface area contributed by atoms with Gasteiger partial charge in [-0.2, -0.15) is 5.10 Å². The van der Waals surface area contributed by atoms with Gasteiger partial charge in [0.25, 0.3) is 0 Å². The molecule has 1 N–H and O–H groups in total. The highest BCUT2D eigenvalue weighted by Crippen LogP contribution is 2.08. The Kier molecular flexibility index (Phi) is 3.64. The minimum absolute atomic E-state index is 0.314. The monoisotopic (exact) mass is 197 g/mol. The largest absolute Gasteiger partial charge is 0.462 e. The third kappa shape index (κ3) is 2.11. The van der Waals surface area contributed by atoms with Gasteiger partial charge in [0.2, 0.25) is 0 Å². The second kappa shape index (κ2) is 4.76. The quantitative estimate of drug-likeness (QED) is 0.706. The Labute approximate surface area is 83.1 Å². The van der Waals surface area contributed by atoms with Crippen LogP contribution in [0.3, 0.4) is 0 Å². The number of esters is 1. The molecule has 1 heterocycles. The van der Waals surface area contributed by atoms with Crippen LogP contribution in [0.2, 0.25) is 0 Å². The average Bonchev–Trinajstić information content (AvgIpc) is 2.50. The van der Waals surface area contributed by atoms with Gasteiger partial charge in [-0.1, -0.05) is 0 Å². The van der Waals surface area contributed by atoms with Crippen LogP contribution in [-0.2, 0) is 18.3 Å². The first-order valence-corrected chi connectivity index (χ1v) is 4.53. The topological polar surface area (TPSA) is 56.1 Å². The highest BCUT2D eigenvalue weighted by molar-refractivity contribution is 5.90. The minimum Gasteiger partial charge on any atom is -0.462 e. The molecule has 0 amide bonds. The van der Waals surface area contributed by atoms with Crippen LogP contribution in [0.1, 0.15) is 23.0 Å². The molecule has 0 bridgehead atoms. The summed E-state index contributed by atoms with van der Waals surface area (Å²) < 4.78 is 6.58. The Bertz CT molecular complexity index is 320. The van der Waals surface area contributed by atoms with Crippen LogP contribution in [0, 0.1) is 0 Å². The number of carbonyl (C=O) groups is 1. The van der Waals surface area contributed by atoms with E-state index in [1.165, 1.54) is 6.20 Å². The molecule has 14 heavy (non-hydrogen) atoms. The van der Waals surface area contributed by atoms with Crippen molar-refractivity contribution in [2.75, 3.05) is 13.7 Å². The molecule has 0 fully saturated rings. The van der Waals surface area contributed by atoms with Crippen molar-refractivity contribution in [2.24, 2.45) is 7.05 Å². The predicted octanol–water partition coefficient (Wildman–Crippen LogP) is 0.316. The molecule has 0 aliphatic carbocycles. The Balaban J connectivity index is 2.90. The number of nitrogens with zero attached hydrogens (tertiary/aromatic N) is 2. The molecule has 1 aromatic heterocycles. The van der Waals surface area contributed by atoms with Crippen LogP contribution in [0.4, 0.5) is 0 Å². The number of aromatic nitrogens is 2. The van der Waals surface area contributed by atoms with Gasteiger partial charge < -0.3 is 10.1 Å². The number of hydrogen-bond acceptors (Lipinski definition) is 4. The Morgan fingerprint density at radius 1 is 1.71 bits per heavy atom. The molecule has 1 aromatic rings. The van der Waals surface area contributed by atoms with Gasteiger partial charge in [-0.3, -0.25) is 4.68 Å². The zero-order valence-corrected chi connectivity index (χ0v) is 8.70. The lowest BCUT2D eigenvalue weighted by Crippen LogP contribution is -2.14. The zero-order valence-electron chi connectivity index (χ0n) is 8.70. The molecule has 0 aliphatic heterocycles. The highest BCUT2D eigenvalue weighted by atomic mass is 16.5. The summed E-state index contributed by atoms with van der Waals surface area (Å²) in [6, 6.07) is 0. The average molecular weight is 197 g/mol. The van der Waals surface area contributed by atoms with Crippen molar-refractivity contribution in [1.82, 2.24) is 15.1 Å². The van der Waals surface area contributed by atoms with E-state index in [4.69, 9.17) is 4.74 Å². The third-order valence-electron chi connectivity index (χ3n) is 1.90. The van der Waals surface area contributed by atoms with Crippen molar-refractivity contribution < 1.29 is 9.53 Å². The summed E-state index contributed by atoms with van der Waals surface area (Å²) in [5.74, 6) is -0.314. The summed E-state index contributed by atoms with van der Waals surface area (Å²) in [6.45, 7) is 2.77. The molecule has 0 aromatic carbocycles. The fraction of sp³-hybridized carbons (Fsp3) is 0.556. The first kappa shape index (κ1) is 10.7. The van der Waals surface area contributed by atoms with E-state index < -0.39 is 0 Å². The second-order valence-corrected chi connectivity index (χ2v) is 2.88. The van der Waals surface area contributed by atoms with Gasteiger partial charge in [-0.25, -0.2) is 4.79 Å². The van der Waals surface area contributed by atoms with E-state index in [-0.39, 0.29) is 5.97 Å². The van der Waals surface area contributed by atoms with E-state index in [1.54, 1.807) is 18.7 Å². The van der Waals surface area contributed by atoms with Crippen LogP contribution >= 0.6 is 0 Å². The van der Waals surface area contributed by atoms with Crippen LogP contribution in [0.5, 0.6) is 0 Å². The summed E-state index contributed by atoms with van der Waals surface area (Å²) in [7, 11) is 3.62. The zero-order chi connectivity index (χ0) is 10.6. The summed E-state index contributed by atoms with van der Waals surface area (Å²) in [5, 5.41) is 6.99. The normalized spacial score (nSPS) is 10.2. The predicted molar refractivity (Wildman–Crippen MR) is 51.9 cm³/mol. The van der Waals surface area contributed by atoms with Gasteiger partial charge in [0, 0.05) is 13.6 Å². The van der Waals surface area contributed by atoms with Gasteiger partial charge in [0.15, 0.2) is 0 Å². The SMILES string of the molecule is CCOC(=O)c1cnn(C)c1CNC. The summed E-state index contributed by atoms with van der Waals surface area (Å²) >= 11 is 0. The number of hydrogen-bond donors (Lipinski definition) is 1. The van der Waals surface area contributed by atoms with E-state index in [2.05, 4.69) is 10.4 Å². The van der Waals surface area contributed by atoms with Crippen molar-refractivity contribution in [2.45, 2.75) is 13.5 Å². The lowest BCUT2D eigenvalue weighted by molar-refractivity contribution is 0.0525. The van der Waals surface area contributed by atoms with Crippen molar-refractivity contribution in [1.29, 1.82) is 0 Å². The third-order valence-corrected chi connectivity index (χ3v) is 1.90. The van der Waals surface area contributed by atoms with E-state index in [0.717, 1.165) is 5.69 Å². The van der Waals surface area contributed by atoms with E-state index >= 15 is 0 Å². The first-order valence-electron chi connectivity index (χ1n) is 4.53. The maximum absolute atomic E-state index is 11.5. The van der Waals surface area contributed by atoms with Crippen molar-refractivity contribution in [3.05, 3.63) is 17.5 Å². The Morgan fingerprint density at radius 2 is 2.43 bits per heavy atom. The lowest BCUT2D eigenvalue weighted by atomic mass is 10.2. The summed E-state index contributed by atoms with van der Waals surface area (Å²) in [4.78, 5) is 11.5. The Hall–Kier alpha value is -1.36. The molecule has 0 saturated heterocycles. The number of nitrogens with one attached hydrogen (secondary N) is 1. The molecule has 0 atom stereocenters. The summed E-state index contributed by atoms with van der Waals surface area (Å²) in [6.07, 6.45) is 1.53. The molecule has 0 saturated carbocycles. The molecule has 1 rings (SSSR count). The fourth-order valence-corrected chi connectivity index (χ4v) is 1.22. The standard InChI is InChI=1S/C9H15N3O2/c1-4-14-9(13)7-5-11-12(3)8(7)6-10-2/h5,10H,4,6H2,1-3H3. The van der Waals surface area contributed by atoms with Crippen molar-refractivity contribution >= 4 is 5.97 Å². The van der Waals surface area contributed by atoms with Crippen LogP contribution in [-0.4, -0.2) is 29.4 Å².